The SMILES string of the molecule is CC(C)(C)NC(=O)[C@]1(Cl)C[C@H]2CC[C@@H]1C2. The first kappa shape index (κ1) is 11.3. The molecule has 0 aromatic rings. The Balaban J connectivity index is 2.07. The first-order chi connectivity index (χ1) is 6.81. The first-order valence-electron chi connectivity index (χ1n) is 5.83. The Kier molecular flexibility index (Phi) is 2.53. The van der Waals surface area contributed by atoms with E-state index < -0.39 is 4.87 Å². The zero-order valence-electron chi connectivity index (χ0n) is 9.77. The highest BCUT2D eigenvalue weighted by Crippen LogP contribution is 2.54. The summed E-state index contributed by atoms with van der Waals surface area (Å²) in [6.45, 7) is 6.00. The van der Waals surface area contributed by atoms with Gasteiger partial charge in [-0.3, -0.25) is 4.79 Å². The average Bonchev–Trinajstić information content (AvgIpc) is 2.60. The minimum atomic E-state index is -0.601. The minimum absolute atomic E-state index is 0.0452. The number of amides is 1. The van der Waals surface area contributed by atoms with E-state index in [1.165, 1.54) is 6.42 Å². The molecule has 2 bridgehead atoms. The number of hydrogen-bond donors (Lipinski definition) is 1. The van der Waals surface area contributed by atoms with Crippen molar-refractivity contribution in [3.8, 4) is 0 Å². The van der Waals surface area contributed by atoms with Gasteiger partial charge in [-0.15, -0.1) is 11.6 Å². The van der Waals surface area contributed by atoms with Crippen molar-refractivity contribution in [2.45, 2.75) is 56.9 Å². The molecular weight excluding hydrogens is 210 g/mol. The van der Waals surface area contributed by atoms with Crippen molar-refractivity contribution in [2.24, 2.45) is 11.8 Å². The van der Waals surface area contributed by atoms with E-state index in [-0.39, 0.29) is 11.4 Å². The number of alkyl halides is 1. The van der Waals surface area contributed by atoms with Gasteiger partial charge in [0.05, 0.1) is 0 Å². The molecule has 3 atom stereocenters. The molecular formula is C12H20ClNO. The monoisotopic (exact) mass is 229 g/mol. The van der Waals surface area contributed by atoms with Crippen LogP contribution < -0.4 is 5.32 Å². The standard InChI is InChI=1S/C12H20ClNO/c1-11(2,3)14-10(15)12(13)7-8-4-5-9(12)6-8/h8-9H,4-7H2,1-3H3,(H,14,15)/t8-,9+,12-/m0/s1. The van der Waals surface area contributed by atoms with E-state index in [1.807, 2.05) is 20.8 Å². The van der Waals surface area contributed by atoms with Crippen molar-refractivity contribution in [1.82, 2.24) is 5.32 Å². The van der Waals surface area contributed by atoms with Gasteiger partial charge in [-0.2, -0.15) is 0 Å². The van der Waals surface area contributed by atoms with Crippen LogP contribution in [0.1, 0.15) is 46.5 Å². The van der Waals surface area contributed by atoms with Gasteiger partial charge in [-0.1, -0.05) is 6.42 Å². The van der Waals surface area contributed by atoms with E-state index in [1.54, 1.807) is 0 Å². The van der Waals surface area contributed by atoms with Crippen LogP contribution in [0.15, 0.2) is 0 Å². The number of fused-ring (bicyclic) bond motifs is 2. The van der Waals surface area contributed by atoms with Gasteiger partial charge in [0, 0.05) is 5.54 Å². The van der Waals surface area contributed by atoms with Gasteiger partial charge in [0.1, 0.15) is 4.87 Å². The zero-order valence-corrected chi connectivity index (χ0v) is 10.5. The summed E-state index contributed by atoms with van der Waals surface area (Å²) >= 11 is 6.51. The number of nitrogens with one attached hydrogen (secondary N) is 1. The van der Waals surface area contributed by atoms with E-state index in [0.717, 1.165) is 19.3 Å². The molecule has 15 heavy (non-hydrogen) atoms. The lowest BCUT2D eigenvalue weighted by molar-refractivity contribution is -0.126. The number of carbonyl (C=O) groups is 1. The van der Waals surface area contributed by atoms with E-state index >= 15 is 0 Å². The summed E-state index contributed by atoms with van der Waals surface area (Å²) in [7, 11) is 0. The van der Waals surface area contributed by atoms with Gasteiger partial charge < -0.3 is 5.32 Å². The lowest BCUT2D eigenvalue weighted by Gasteiger charge is -2.33. The maximum Gasteiger partial charge on any atom is 0.241 e. The fourth-order valence-electron chi connectivity index (χ4n) is 2.99. The van der Waals surface area contributed by atoms with Crippen LogP contribution in [0.2, 0.25) is 0 Å². The van der Waals surface area contributed by atoms with Gasteiger partial charge in [-0.25, -0.2) is 0 Å². The average molecular weight is 230 g/mol. The van der Waals surface area contributed by atoms with Crippen molar-refractivity contribution in [3.05, 3.63) is 0 Å². The predicted molar refractivity (Wildman–Crippen MR) is 61.9 cm³/mol. The van der Waals surface area contributed by atoms with Gasteiger partial charge in [0.15, 0.2) is 0 Å². The number of hydrogen-bond acceptors (Lipinski definition) is 1. The highest BCUT2D eigenvalue weighted by Gasteiger charge is 2.54. The number of carbonyl (C=O) groups excluding carboxylic acids is 1. The van der Waals surface area contributed by atoms with Crippen LogP contribution in [0.3, 0.4) is 0 Å². The Bertz CT molecular complexity index is 284. The second kappa shape index (κ2) is 3.38. The van der Waals surface area contributed by atoms with E-state index in [9.17, 15) is 4.79 Å². The maximum absolute atomic E-state index is 12.1. The molecule has 1 N–H and O–H groups in total. The van der Waals surface area contributed by atoms with E-state index in [4.69, 9.17) is 11.6 Å². The molecule has 2 nitrogen and oxygen atoms in total. The van der Waals surface area contributed by atoms with Gasteiger partial charge in [-0.05, 0) is 51.9 Å². The first-order valence-corrected chi connectivity index (χ1v) is 6.20. The Morgan fingerprint density at radius 3 is 2.47 bits per heavy atom. The molecule has 0 heterocycles. The molecule has 0 saturated heterocycles. The van der Waals surface area contributed by atoms with Crippen LogP contribution in [-0.4, -0.2) is 16.3 Å². The highest BCUT2D eigenvalue weighted by atomic mass is 35.5. The van der Waals surface area contributed by atoms with Crippen molar-refractivity contribution < 1.29 is 4.79 Å². The van der Waals surface area contributed by atoms with Crippen LogP contribution in [0, 0.1) is 11.8 Å². The summed E-state index contributed by atoms with van der Waals surface area (Å²) in [6.07, 6.45) is 4.43. The topological polar surface area (TPSA) is 29.1 Å². The third-order valence-corrected chi connectivity index (χ3v) is 4.27. The van der Waals surface area contributed by atoms with Crippen LogP contribution in [-0.2, 0) is 4.79 Å². The maximum atomic E-state index is 12.1. The van der Waals surface area contributed by atoms with Crippen LogP contribution in [0.25, 0.3) is 0 Å². The van der Waals surface area contributed by atoms with Crippen LogP contribution >= 0.6 is 11.6 Å². The van der Waals surface area contributed by atoms with Crippen LogP contribution in [0.4, 0.5) is 0 Å². The molecule has 2 rings (SSSR count). The molecule has 2 fully saturated rings. The Hall–Kier alpha value is -0.240. The molecule has 2 aliphatic carbocycles. The smallest absolute Gasteiger partial charge is 0.241 e. The summed E-state index contributed by atoms with van der Waals surface area (Å²) in [5.74, 6) is 1.15. The molecule has 0 radical (unpaired) electrons. The Morgan fingerprint density at radius 1 is 1.40 bits per heavy atom. The predicted octanol–water partition coefficient (Wildman–Crippen LogP) is 2.70. The summed E-state index contributed by atoms with van der Waals surface area (Å²) in [6, 6.07) is 0. The lowest BCUT2D eigenvalue weighted by atomic mass is 9.86. The molecule has 0 spiro atoms. The van der Waals surface area contributed by atoms with Gasteiger partial charge in [0.25, 0.3) is 0 Å². The summed E-state index contributed by atoms with van der Waals surface area (Å²) in [5, 5.41) is 3.02. The summed E-state index contributed by atoms with van der Waals surface area (Å²) in [5.41, 5.74) is -0.180. The third kappa shape index (κ3) is 2.01. The zero-order chi connectivity index (χ0) is 11.3. The molecule has 86 valence electrons. The minimum Gasteiger partial charge on any atom is -0.350 e. The molecule has 2 saturated carbocycles. The molecule has 1 amide bonds. The Labute approximate surface area is 96.8 Å². The molecule has 0 unspecified atom stereocenters. The largest absolute Gasteiger partial charge is 0.350 e. The number of rotatable bonds is 1. The van der Waals surface area contributed by atoms with Crippen molar-refractivity contribution in [3.63, 3.8) is 0 Å². The number of halogens is 1. The fraction of sp³-hybridized carbons (Fsp3) is 0.917. The summed E-state index contributed by atoms with van der Waals surface area (Å²) < 4.78 is 0. The van der Waals surface area contributed by atoms with E-state index in [2.05, 4.69) is 5.32 Å². The van der Waals surface area contributed by atoms with Crippen molar-refractivity contribution >= 4 is 17.5 Å². The second-order valence-corrected chi connectivity index (χ2v) is 6.82. The molecule has 0 aromatic heterocycles. The lowest BCUT2D eigenvalue weighted by Crippen LogP contribution is -2.52. The quantitative estimate of drug-likeness (QED) is 0.689. The summed E-state index contributed by atoms with van der Waals surface area (Å²) in [4.78, 5) is 11.5. The second-order valence-electron chi connectivity index (χ2n) is 6.15. The van der Waals surface area contributed by atoms with Crippen LogP contribution in [0.5, 0.6) is 0 Å². The van der Waals surface area contributed by atoms with Crippen molar-refractivity contribution in [1.29, 1.82) is 0 Å². The van der Waals surface area contributed by atoms with Gasteiger partial charge >= 0.3 is 0 Å². The fourth-order valence-corrected chi connectivity index (χ4v) is 3.45. The van der Waals surface area contributed by atoms with E-state index in [0.29, 0.717) is 11.8 Å². The normalized spacial score (nSPS) is 39.5. The molecule has 3 heteroatoms. The molecule has 0 aliphatic heterocycles. The van der Waals surface area contributed by atoms with Crippen molar-refractivity contribution in [2.75, 3.05) is 0 Å². The molecule has 2 aliphatic rings. The Morgan fingerprint density at radius 2 is 2.07 bits per heavy atom. The molecule has 0 aromatic carbocycles. The highest BCUT2D eigenvalue weighted by molar-refractivity contribution is 6.35. The van der Waals surface area contributed by atoms with Gasteiger partial charge in [0.2, 0.25) is 5.91 Å². The third-order valence-electron chi connectivity index (χ3n) is 3.64.